The van der Waals surface area contributed by atoms with Gasteiger partial charge < -0.3 is 15.0 Å². The van der Waals surface area contributed by atoms with Crippen molar-refractivity contribution in [3.63, 3.8) is 0 Å². The first-order valence-corrected chi connectivity index (χ1v) is 7.48. The third kappa shape index (κ3) is 3.51. The number of nitrogens with zero attached hydrogens (tertiary/aromatic N) is 2. The minimum absolute atomic E-state index is 0.0444. The van der Waals surface area contributed by atoms with Crippen LogP contribution in [0.5, 0.6) is 5.75 Å². The van der Waals surface area contributed by atoms with Gasteiger partial charge in [0.2, 0.25) is 5.91 Å². The number of aromatic nitrogens is 1. The highest BCUT2D eigenvalue weighted by atomic mass is 19.1. The summed E-state index contributed by atoms with van der Waals surface area (Å²) in [5, 5.41) is 2.57. The Morgan fingerprint density at radius 1 is 1.38 bits per heavy atom. The molecule has 24 heavy (non-hydrogen) atoms. The quantitative estimate of drug-likeness (QED) is 0.934. The second-order valence-electron chi connectivity index (χ2n) is 5.47. The van der Waals surface area contributed by atoms with Gasteiger partial charge in [0.15, 0.2) is 6.61 Å². The molecular weight excluding hydrogens is 313 g/mol. The minimum atomic E-state index is -0.473. The molecule has 1 N–H and O–H groups in total. The average Bonchev–Trinajstić information content (AvgIpc) is 2.56. The van der Waals surface area contributed by atoms with E-state index in [1.807, 2.05) is 25.1 Å². The van der Waals surface area contributed by atoms with Crippen molar-refractivity contribution in [3.8, 4) is 5.75 Å². The van der Waals surface area contributed by atoms with Gasteiger partial charge in [-0.3, -0.25) is 9.59 Å². The molecule has 0 saturated carbocycles. The molecule has 1 aliphatic heterocycles. The first-order valence-electron chi connectivity index (χ1n) is 7.48. The van der Waals surface area contributed by atoms with E-state index in [0.29, 0.717) is 11.4 Å². The van der Waals surface area contributed by atoms with Crippen LogP contribution in [0.1, 0.15) is 12.0 Å². The fourth-order valence-electron chi connectivity index (χ4n) is 2.43. The van der Waals surface area contributed by atoms with Gasteiger partial charge in [-0.1, -0.05) is 6.07 Å². The summed E-state index contributed by atoms with van der Waals surface area (Å²) < 4.78 is 18.2. The number of fused-ring (bicyclic) bond motifs is 1. The number of carbonyl (C=O) groups is 2. The van der Waals surface area contributed by atoms with Crippen molar-refractivity contribution in [2.45, 2.75) is 13.3 Å². The zero-order valence-electron chi connectivity index (χ0n) is 13.1. The summed E-state index contributed by atoms with van der Waals surface area (Å²) in [5.74, 6) is -0.0749. The average molecular weight is 329 g/mol. The van der Waals surface area contributed by atoms with Crippen LogP contribution in [-0.4, -0.2) is 29.9 Å². The highest BCUT2D eigenvalue weighted by Gasteiger charge is 2.25. The maximum atomic E-state index is 12.8. The molecule has 1 aromatic heterocycles. The Morgan fingerprint density at radius 3 is 2.96 bits per heavy atom. The highest BCUT2D eigenvalue weighted by Crippen LogP contribution is 2.32. The Labute approximate surface area is 138 Å². The van der Waals surface area contributed by atoms with E-state index in [-0.39, 0.29) is 37.2 Å². The maximum Gasteiger partial charge on any atom is 0.265 e. The lowest BCUT2D eigenvalue weighted by Crippen LogP contribution is -2.40. The number of hydrogen-bond acceptors (Lipinski definition) is 4. The number of amides is 2. The number of aryl methyl sites for hydroxylation is 1. The summed E-state index contributed by atoms with van der Waals surface area (Å²) in [6.07, 6.45) is 1.12. The number of carbonyl (C=O) groups excluding carboxylic acids is 2. The summed E-state index contributed by atoms with van der Waals surface area (Å²) in [4.78, 5) is 29.4. The number of benzene rings is 1. The van der Waals surface area contributed by atoms with E-state index in [9.17, 15) is 14.0 Å². The molecule has 2 aromatic rings. The third-order valence-electron chi connectivity index (χ3n) is 3.61. The van der Waals surface area contributed by atoms with Crippen molar-refractivity contribution in [1.82, 2.24) is 4.98 Å². The third-order valence-corrected chi connectivity index (χ3v) is 3.61. The number of ether oxygens (including phenoxy) is 1. The number of rotatable bonds is 4. The molecule has 124 valence electrons. The van der Waals surface area contributed by atoms with E-state index < -0.39 is 5.82 Å². The first kappa shape index (κ1) is 15.9. The van der Waals surface area contributed by atoms with Gasteiger partial charge in [0.25, 0.3) is 5.91 Å². The lowest BCUT2D eigenvalue weighted by atomic mass is 10.1. The summed E-state index contributed by atoms with van der Waals surface area (Å²) in [6, 6.07) is 8.16. The van der Waals surface area contributed by atoms with Crippen LogP contribution in [0.2, 0.25) is 0 Å². The molecule has 0 saturated heterocycles. The molecule has 7 heteroatoms. The molecule has 0 bridgehead atoms. The van der Waals surface area contributed by atoms with Gasteiger partial charge in [0.1, 0.15) is 17.4 Å². The van der Waals surface area contributed by atoms with Crippen molar-refractivity contribution in [2.24, 2.45) is 0 Å². The Morgan fingerprint density at radius 2 is 2.21 bits per heavy atom. The van der Waals surface area contributed by atoms with Crippen LogP contribution in [0.25, 0.3) is 0 Å². The number of hydrogen-bond donors (Lipinski definition) is 1. The number of pyridine rings is 1. The molecule has 0 fully saturated rings. The van der Waals surface area contributed by atoms with E-state index in [2.05, 4.69) is 10.3 Å². The van der Waals surface area contributed by atoms with E-state index in [4.69, 9.17) is 4.74 Å². The van der Waals surface area contributed by atoms with Gasteiger partial charge in [0, 0.05) is 13.0 Å². The molecule has 6 nitrogen and oxygen atoms in total. The number of nitrogens with one attached hydrogen (secondary N) is 1. The van der Waals surface area contributed by atoms with Crippen molar-refractivity contribution >= 4 is 23.3 Å². The lowest BCUT2D eigenvalue weighted by molar-refractivity contribution is -0.121. The molecule has 1 aliphatic rings. The summed E-state index contributed by atoms with van der Waals surface area (Å²) in [7, 11) is 0. The number of anilines is 2. The first-order chi connectivity index (χ1) is 11.5. The van der Waals surface area contributed by atoms with E-state index in [0.717, 1.165) is 11.8 Å². The van der Waals surface area contributed by atoms with Gasteiger partial charge in [-0.05, 0) is 36.8 Å². The Bertz CT molecular complexity index is 777. The number of halogens is 1. The summed E-state index contributed by atoms with van der Waals surface area (Å²) in [5.41, 5.74) is 1.66. The zero-order chi connectivity index (χ0) is 17.1. The van der Waals surface area contributed by atoms with Crippen molar-refractivity contribution in [3.05, 3.63) is 47.9 Å². The van der Waals surface area contributed by atoms with Crippen LogP contribution >= 0.6 is 0 Å². The summed E-state index contributed by atoms with van der Waals surface area (Å²) >= 11 is 0. The lowest BCUT2D eigenvalue weighted by Gasteiger charge is -2.29. The van der Waals surface area contributed by atoms with Crippen LogP contribution in [0.3, 0.4) is 0 Å². The molecule has 0 atom stereocenters. The standard InChI is InChI=1S/C17H16FN3O3/c1-11-2-4-14-13(8-11)21(17(23)10-24-14)7-6-16(22)20-15-5-3-12(18)9-19-15/h2-5,8-9H,6-7,10H2,1H3,(H,19,20,22). The molecule has 2 amide bonds. The van der Waals surface area contributed by atoms with Crippen molar-refractivity contribution < 1.29 is 18.7 Å². The van der Waals surface area contributed by atoms with Crippen LogP contribution in [0.15, 0.2) is 36.5 Å². The van der Waals surface area contributed by atoms with Gasteiger partial charge >= 0.3 is 0 Å². The molecule has 1 aromatic carbocycles. The predicted molar refractivity (Wildman–Crippen MR) is 86.5 cm³/mol. The van der Waals surface area contributed by atoms with Crippen molar-refractivity contribution in [1.29, 1.82) is 0 Å². The minimum Gasteiger partial charge on any atom is -0.482 e. The predicted octanol–water partition coefficient (Wildman–Crippen LogP) is 2.28. The normalized spacial score (nSPS) is 13.2. The molecule has 2 heterocycles. The zero-order valence-corrected chi connectivity index (χ0v) is 13.1. The van der Waals surface area contributed by atoms with Gasteiger partial charge in [-0.15, -0.1) is 0 Å². The second-order valence-corrected chi connectivity index (χ2v) is 5.47. The monoisotopic (exact) mass is 329 g/mol. The van der Waals surface area contributed by atoms with Crippen LogP contribution in [0.4, 0.5) is 15.9 Å². The Kier molecular flexibility index (Phi) is 4.41. The summed E-state index contributed by atoms with van der Waals surface area (Å²) in [6.45, 7) is 2.10. The fourth-order valence-corrected chi connectivity index (χ4v) is 2.43. The van der Waals surface area contributed by atoms with Crippen LogP contribution < -0.4 is 15.0 Å². The molecular formula is C17H16FN3O3. The molecule has 0 spiro atoms. The topological polar surface area (TPSA) is 71.5 Å². The smallest absolute Gasteiger partial charge is 0.265 e. The van der Waals surface area contributed by atoms with Crippen LogP contribution in [0, 0.1) is 12.7 Å². The van der Waals surface area contributed by atoms with Gasteiger partial charge in [-0.2, -0.15) is 0 Å². The van der Waals surface area contributed by atoms with Gasteiger partial charge in [-0.25, -0.2) is 9.37 Å². The Hall–Kier alpha value is -2.96. The van der Waals surface area contributed by atoms with Crippen molar-refractivity contribution in [2.75, 3.05) is 23.4 Å². The Balaban J connectivity index is 1.65. The largest absolute Gasteiger partial charge is 0.482 e. The van der Waals surface area contributed by atoms with Crippen LogP contribution in [-0.2, 0) is 9.59 Å². The molecule has 0 radical (unpaired) electrons. The molecule has 0 aliphatic carbocycles. The van der Waals surface area contributed by atoms with E-state index >= 15 is 0 Å². The van der Waals surface area contributed by atoms with Gasteiger partial charge in [0.05, 0.1) is 11.9 Å². The van der Waals surface area contributed by atoms with E-state index in [1.54, 1.807) is 4.90 Å². The highest BCUT2D eigenvalue weighted by molar-refractivity contribution is 5.99. The SMILES string of the molecule is Cc1ccc2c(c1)N(CCC(=O)Nc1ccc(F)cn1)C(=O)CO2. The second kappa shape index (κ2) is 6.66. The molecule has 3 rings (SSSR count). The molecule has 0 unspecified atom stereocenters. The fraction of sp³-hybridized carbons (Fsp3) is 0.235. The van der Waals surface area contributed by atoms with E-state index in [1.165, 1.54) is 12.1 Å². The maximum absolute atomic E-state index is 12.8.